The zero-order valence-corrected chi connectivity index (χ0v) is 10.3. The summed E-state index contributed by atoms with van der Waals surface area (Å²) >= 11 is 0. The number of hydrogen-bond donors (Lipinski definition) is 2. The number of hydrogen-bond acceptors (Lipinski definition) is 3. The lowest BCUT2D eigenvalue weighted by Gasteiger charge is -2.10. The number of benzene rings is 2. The van der Waals surface area contributed by atoms with E-state index in [4.69, 9.17) is 16.2 Å². The van der Waals surface area contributed by atoms with Crippen molar-refractivity contribution < 1.29 is 13.9 Å². The molecule has 0 aliphatic heterocycles. The SMILES string of the molecule is Cc1cc(Oc2ccc(C(N)=O)cc2N)ccc1F. The highest BCUT2D eigenvalue weighted by atomic mass is 19.1. The van der Waals surface area contributed by atoms with Crippen LogP contribution < -0.4 is 16.2 Å². The summed E-state index contributed by atoms with van der Waals surface area (Å²) in [6, 6.07) is 8.89. The van der Waals surface area contributed by atoms with E-state index >= 15 is 0 Å². The van der Waals surface area contributed by atoms with Crippen LogP contribution in [0.2, 0.25) is 0 Å². The van der Waals surface area contributed by atoms with Gasteiger partial charge in [0.2, 0.25) is 5.91 Å². The number of primary amides is 1. The van der Waals surface area contributed by atoms with E-state index in [9.17, 15) is 9.18 Å². The molecule has 1 amide bonds. The van der Waals surface area contributed by atoms with E-state index in [0.717, 1.165) is 0 Å². The number of rotatable bonds is 3. The minimum absolute atomic E-state index is 0.290. The number of nitrogens with two attached hydrogens (primary N) is 2. The second kappa shape index (κ2) is 4.97. The first-order valence-electron chi connectivity index (χ1n) is 5.60. The molecular weight excluding hydrogens is 247 g/mol. The fourth-order valence-electron chi connectivity index (χ4n) is 1.60. The van der Waals surface area contributed by atoms with Crippen LogP contribution in [0, 0.1) is 12.7 Å². The number of nitrogen functional groups attached to an aromatic ring is 1. The van der Waals surface area contributed by atoms with Crippen LogP contribution in [0.1, 0.15) is 15.9 Å². The molecule has 2 rings (SSSR count). The highest BCUT2D eigenvalue weighted by Crippen LogP contribution is 2.29. The standard InChI is InChI=1S/C14H13FN2O2/c1-8-6-10(3-4-11(8)15)19-13-5-2-9(14(17)18)7-12(13)16/h2-7H,16H2,1H3,(H2,17,18). The van der Waals surface area contributed by atoms with Crippen molar-refractivity contribution >= 4 is 11.6 Å². The molecule has 0 heterocycles. The Labute approximate surface area is 109 Å². The largest absolute Gasteiger partial charge is 0.455 e. The Morgan fingerprint density at radius 1 is 1.21 bits per heavy atom. The molecule has 0 atom stereocenters. The third-order valence-corrected chi connectivity index (χ3v) is 2.65. The molecule has 4 nitrogen and oxygen atoms in total. The third-order valence-electron chi connectivity index (χ3n) is 2.65. The molecule has 19 heavy (non-hydrogen) atoms. The van der Waals surface area contributed by atoms with Crippen LogP contribution in [0.5, 0.6) is 11.5 Å². The maximum atomic E-state index is 13.1. The van der Waals surface area contributed by atoms with Gasteiger partial charge in [0, 0.05) is 5.56 Å². The van der Waals surface area contributed by atoms with Crippen LogP contribution in [0.3, 0.4) is 0 Å². The quantitative estimate of drug-likeness (QED) is 0.832. The van der Waals surface area contributed by atoms with Crippen molar-refractivity contribution in [2.75, 3.05) is 5.73 Å². The molecule has 0 saturated carbocycles. The number of halogens is 1. The predicted octanol–water partition coefficient (Wildman–Crippen LogP) is 2.61. The Balaban J connectivity index is 2.28. The monoisotopic (exact) mass is 260 g/mol. The van der Waals surface area contributed by atoms with Gasteiger partial charge in [0.05, 0.1) is 5.69 Å². The molecule has 0 unspecified atom stereocenters. The normalized spacial score (nSPS) is 10.2. The van der Waals surface area contributed by atoms with Gasteiger partial charge in [0.1, 0.15) is 17.3 Å². The summed E-state index contributed by atoms with van der Waals surface area (Å²) in [7, 11) is 0. The number of carbonyl (C=O) groups is 1. The van der Waals surface area contributed by atoms with Crippen LogP contribution >= 0.6 is 0 Å². The van der Waals surface area contributed by atoms with Gasteiger partial charge in [0.15, 0.2) is 0 Å². The first kappa shape index (κ1) is 12.9. The predicted molar refractivity (Wildman–Crippen MR) is 70.6 cm³/mol. The van der Waals surface area contributed by atoms with Crippen LogP contribution in [-0.4, -0.2) is 5.91 Å². The Bertz CT molecular complexity index is 641. The summed E-state index contributed by atoms with van der Waals surface area (Å²) in [6.07, 6.45) is 0. The molecule has 2 aromatic carbocycles. The average Bonchev–Trinajstić information content (AvgIpc) is 2.36. The Morgan fingerprint density at radius 3 is 2.53 bits per heavy atom. The molecule has 5 heteroatoms. The van der Waals surface area contributed by atoms with Gasteiger partial charge in [-0.15, -0.1) is 0 Å². The van der Waals surface area contributed by atoms with Crippen LogP contribution in [-0.2, 0) is 0 Å². The van der Waals surface area contributed by atoms with E-state index in [-0.39, 0.29) is 5.82 Å². The molecule has 2 aromatic rings. The van der Waals surface area contributed by atoms with Crippen molar-refractivity contribution in [3.8, 4) is 11.5 Å². The molecule has 0 saturated heterocycles. The second-order valence-electron chi connectivity index (χ2n) is 4.13. The summed E-state index contributed by atoms with van der Waals surface area (Å²) in [5.74, 6) is -0.00583. The molecule has 0 bridgehead atoms. The molecule has 0 aliphatic rings. The van der Waals surface area contributed by atoms with Gasteiger partial charge in [-0.25, -0.2) is 4.39 Å². The average molecular weight is 260 g/mol. The number of aryl methyl sites for hydroxylation is 1. The van der Waals surface area contributed by atoms with Crippen LogP contribution in [0.15, 0.2) is 36.4 Å². The first-order valence-corrected chi connectivity index (χ1v) is 5.60. The Hall–Kier alpha value is -2.56. The number of amides is 1. The molecule has 0 aliphatic carbocycles. The smallest absolute Gasteiger partial charge is 0.248 e. The van der Waals surface area contributed by atoms with Gasteiger partial charge in [0.25, 0.3) is 0 Å². The van der Waals surface area contributed by atoms with Gasteiger partial charge in [-0.05, 0) is 48.9 Å². The van der Waals surface area contributed by atoms with Crippen LogP contribution in [0.4, 0.5) is 10.1 Å². The minimum atomic E-state index is -0.559. The molecule has 0 fully saturated rings. The zero-order chi connectivity index (χ0) is 14.0. The van der Waals surface area contributed by atoms with Crippen molar-refractivity contribution in [2.45, 2.75) is 6.92 Å². The van der Waals surface area contributed by atoms with Gasteiger partial charge in [-0.2, -0.15) is 0 Å². The fraction of sp³-hybridized carbons (Fsp3) is 0.0714. The lowest BCUT2D eigenvalue weighted by molar-refractivity contribution is 0.100. The van der Waals surface area contributed by atoms with E-state index in [1.54, 1.807) is 19.1 Å². The molecule has 0 radical (unpaired) electrons. The minimum Gasteiger partial charge on any atom is -0.455 e. The van der Waals surface area contributed by atoms with Crippen molar-refractivity contribution in [3.63, 3.8) is 0 Å². The highest BCUT2D eigenvalue weighted by molar-refractivity contribution is 5.94. The molecular formula is C14H13FN2O2. The highest BCUT2D eigenvalue weighted by Gasteiger charge is 2.07. The summed E-state index contributed by atoms with van der Waals surface area (Å²) in [6.45, 7) is 1.64. The van der Waals surface area contributed by atoms with Gasteiger partial charge in [-0.1, -0.05) is 0 Å². The summed E-state index contributed by atoms with van der Waals surface area (Å²) < 4.78 is 18.7. The van der Waals surface area contributed by atoms with Gasteiger partial charge >= 0.3 is 0 Å². The van der Waals surface area contributed by atoms with E-state index < -0.39 is 5.91 Å². The van der Waals surface area contributed by atoms with E-state index in [2.05, 4.69) is 0 Å². The second-order valence-corrected chi connectivity index (χ2v) is 4.13. The zero-order valence-electron chi connectivity index (χ0n) is 10.3. The fourth-order valence-corrected chi connectivity index (χ4v) is 1.60. The van der Waals surface area contributed by atoms with E-state index in [1.165, 1.54) is 24.3 Å². The molecule has 98 valence electrons. The lowest BCUT2D eigenvalue weighted by Crippen LogP contribution is -2.11. The van der Waals surface area contributed by atoms with Crippen molar-refractivity contribution in [2.24, 2.45) is 5.73 Å². The summed E-state index contributed by atoms with van der Waals surface area (Å²) in [4.78, 5) is 11.0. The maximum Gasteiger partial charge on any atom is 0.248 e. The van der Waals surface area contributed by atoms with Crippen molar-refractivity contribution in [1.82, 2.24) is 0 Å². The molecule has 4 N–H and O–H groups in total. The molecule has 0 aromatic heterocycles. The van der Waals surface area contributed by atoms with Gasteiger partial charge in [-0.3, -0.25) is 4.79 Å². The number of anilines is 1. The lowest BCUT2D eigenvalue weighted by atomic mass is 10.2. The van der Waals surface area contributed by atoms with Gasteiger partial charge < -0.3 is 16.2 Å². The third kappa shape index (κ3) is 2.82. The Kier molecular flexibility index (Phi) is 3.37. The maximum absolute atomic E-state index is 13.1. The van der Waals surface area contributed by atoms with Crippen molar-refractivity contribution in [1.29, 1.82) is 0 Å². The van der Waals surface area contributed by atoms with E-state index in [0.29, 0.717) is 28.3 Å². The molecule has 0 spiro atoms. The summed E-state index contributed by atoms with van der Waals surface area (Å²) in [5, 5.41) is 0. The van der Waals surface area contributed by atoms with Crippen LogP contribution in [0.25, 0.3) is 0 Å². The Morgan fingerprint density at radius 2 is 1.95 bits per heavy atom. The van der Waals surface area contributed by atoms with Crippen molar-refractivity contribution in [3.05, 3.63) is 53.3 Å². The number of carbonyl (C=O) groups excluding carboxylic acids is 1. The number of ether oxygens (including phenoxy) is 1. The topological polar surface area (TPSA) is 78.3 Å². The summed E-state index contributed by atoms with van der Waals surface area (Å²) in [5.41, 5.74) is 12.0. The van der Waals surface area contributed by atoms with E-state index in [1.807, 2.05) is 0 Å². The first-order chi connectivity index (χ1) is 8.97.